The smallest absolute Gasteiger partial charge is 0.220 e. The average Bonchev–Trinajstić information content (AvgIpc) is 3.20. The van der Waals surface area contributed by atoms with Gasteiger partial charge in [-0.3, -0.25) is 4.79 Å². The van der Waals surface area contributed by atoms with E-state index in [2.05, 4.69) is 31.3 Å². The summed E-state index contributed by atoms with van der Waals surface area (Å²) in [5.41, 5.74) is 0. The molecule has 0 aromatic carbocycles. The largest absolute Gasteiger partial charge is 0.394 e. The lowest BCUT2D eigenvalue weighted by atomic mass is 9.99. The van der Waals surface area contributed by atoms with E-state index in [0.29, 0.717) is 6.42 Å². The summed E-state index contributed by atoms with van der Waals surface area (Å²) in [6, 6.07) is -0.803. The van der Waals surface area contributed by atoms with Crippen molar-refractivity contribution in [2.24, 2.45) is 0 Å². The Balaban J connectivity index is 2.30. The number of hydrogen-bond donors (Lipinski definition) is 6. The van der Waals surface area contributed by atoms with Crippen LogP contribution in [0.1, 0.15) is 213 Å². The van der Waals surface area contributed by atoms with Gasteiger partial charge in [0.25, 0.3) is 0 Å². The topological polar surface area (TPSA) is 149 Å². The van der Waals surface area contributed by atoms with Crippen molar-refractivity contribution < 1.29 is 39.8 Å². The minimum absolute atomic E-state index is 0.181. The Morgan fingerprint density at radius 3 is 1.45 bits per heavy atom. The van der Waals surface area contributed by atoms with Crippen LogP contribution in [0.15, 0.2) is 24.3 Å². The van der Waals surface area contributed by atoms with Gasteiger partial charge in [0.05, 0.1) is 25.4 Å². The van der Waals surface area contributed by atoms with Gasteiger partial charge in [-0.05, 0) is 44.9 Å². The number of ether oxygens (including phenoxy) is 2. The first-order valence-electron chi connectivity index (χ1n) is 23.6. The minimum atomic E-state index is -1.56. The van der Waals surface area contributed by atoms with Crippen LogP contribution < -0.4 is 5.32 Å². The van der Waals surface area contributed by atoms with Crippen LogP contribution in [0, 0.1) is 0 Å². The molecular weight excluding hydrogens is 707 g/mol. The minimum Gasteiger partial charge on any atom is -0.394 e. The second kappa shape index (κ2) is 37.9. The number of rotatable bonds is 39. The predicted molar refractivity (Wildman–Crippen MR) is 230 cm³/mol. The van der Waals surface area contributed by atoms with Crippen LogP contribution in [0.3, 0.4) is 0 Å². The van der Waals surface area contributed by atoms with Crippen molar-refractivity contribution in [2.75, 3.05) is 13.2 Å². The first kappa shape index (κ1) is 52.7. The molecule has 1 amide bonds. The van der Waals surface area contributed by atoms with Crippen molar-refractivity contribution in [3.05, 3.63) is 24.3 Å². The van der Waals surface area contributed by atoms with E-state index in [1.165, 1.54) is 154 Å². The van der Waals surface area contributed by atoms with E-state index >= 15 is 0 Å². The fourth-order valence-corrected chi connectivity index (χ4v) is 7.44. The van der Waals surface area contributed by atoms with Gasteiger partial charge in [0.2, 0.25) is 5.91 Å². The molecule has 0 aliphatic carbocycles. The van der Waals surface area contributed by atoms with Gasteiger partial charge in [-0.25, -0.2) is 0 Å². The van der Waals surface area contributed by atoms with Gasteiger partial charge >= 0.3 is 0 Å². The molecule has 1 heterocycles. The normalized spacial score (nSPS) is 21.3. The number of amides is 1. The van der Waals surface area contributed by atoms with E-state index in [1.54, 1.807) is 6.08 Å². The van der Waals surface area contributed by atoms with E-state index in [0.717, 1.165) is 38.5 Å². The summed E-state index contributed by atoms with van der Waals surface area (Å²) >= 11 is 0. The molecule has 1 aliphatic heterocycles. The van der Waals surface area contributed by atoms with Crippen LogP contribution in [0.4, 0.5) is 0 Å². The quantitative estimate of drug-likeness (QED) is 0.0266. The third kappa shape index (κ3) is 28.2. The molecular formula is C47H89NO8. The maximum atomic E-state index is 12.9. The molecule has 9 nitrogen and oxygen atoms in total. The molecule has 56 heavy (non-hydrogen) atoms. The second-order valence-corrected chi connectivity index (χ2v) is 16.5. The van der Waals surface area contributed by atoms with Crippen LogP contribution in [-0.2, 0) is 14.3 Å². The fraction of sp³-hybridized carbons (Fsp3) is 0.894. The van der Waals surface area contributed by atoms with Crippen LogP contribution in [0.25, 0.3) is 0 Å². The van der Waals surface area contributed by atoms with E-state index in [1.807, 2.05) is 6.08 Å². The number of carbonyl (C=O) groups excluding carboxylic acids is 1. The Labute approximate surface area is 343 Å². The summed E-state index contributed by atoms with van der Waals surface area (Å²) in [6.07, 6.45) is 37.9. The molecule has 1 fully saturated rings. The van der Waals surface area contributed by atoms with Gasteiger partial charge in [-0.2, -0.15) is 0 Å². The van der Waals surface area contributed by atoms with E-state index in [9.17, 15) is 30.3 Å². The zero-order valence-corrected chi connectivity index (χ0v) is 36.1. The molecule has 330 valence electrons. The maximum absolute atomic E-state index is 12.9. The first-order valence-corrected chi connectivity index (χ1v) is 23.6. The van der Waals surface area contributed by atoms with Gasteiger partial charge in [0, 0.05) is 6.42 Å². The van der Waals surface area contributed by atoms with Crippen LogP contribution in [0.5, 0.6) is 0 Å². The van der Waals surface area contributed by atoms with Crippen molar-refractivity contribution in [2.45, 2.75) is 256 Å². The van der Waals surface area contributed by atoms with Crippen LogP contribution in [-0.4, -0.2) is 87.5 Å². The lowest BCUT2D eigenvalue weighted by Crippen LogP contribution is -2.60. The highest BCUT2D eigenvalue weighted by Crippen LogP contribution is 2.23. The molecule has 1 saturated heterocycles. The summed E-state index contributed by atoms with van der Waals surface area (Å²) in [5.74, 6) is -0.181. The van der Waals surface area contributed by atoms with Crippen LogP contribution in [0.2, 0.25) is 0 Å². The summed E-state index contributed by atoms with van der Waals surface area (Å²) in [5, 5.41) is 54.1. The number of nitrogens with one attached hydrogen (secondary N) is 1. The summed E-state index contributed by atoms with van der Waals surface area (Å²) in [6.45, 7) is 3.76. The first-order chi connectivity index (χ1) is 27.3. The molecule has 0 saturated carbocycles. The SMILES string of the molecule is CCCCCCCCCCCC/C=C\CCCCCCCCCC(=O)NC(COC1OC(CO)C(O)C(O)C1O)C(O)/C=C/CCCCCCCCCCCC. The highest BCUT2D eigenvalue weighted by atomic mass is 16.7. The molecule has 1 rings (SSSR count). The van der Waals surface area contributed by atoms with Crippen molar-refractivity contribution in [1.29, 1.82) is 0 Å². The molecule has 7 atom stereocenters. The number of aliphatic hydroxyl groups excluding tert-OH is 5. The summed E-state index contributed by atoms with van der Waals surface area (Å²) in [7, 11) is 0. The van der Waals surface area contributed by atoms with Gasteiger partial charge in [0.1, 0.15) is 24.4 Å². The highest BCUT2D eigenvalue weighted by Gasteiger charge is 2.44. The molecule has 6 N–H and O–H groups in total. The number of carbonyl (C=O) groups is 1. The third-order valence-electron chi connectivity index (χ3n) is 11.3. The van der Waals surface area contributed by atoms with Gasteiger partial charge in [-0.15, -0.1) is 0 Å². The third-order valence-corrected chi connectivity index (χ3v) is 11.3. The standard InChI is InChI=1S/C47H89NO8/c1-3-5-7-9-11-13-15-17-18-19-20-21-22-23-24-25-27-29-31-33-35-37-43(51)48-40(39-55-47-46(54)45(53)44(52)42(38-49)56-47)41(50)36-34-32-30-28-26-16-14-12-10-8-6-4-2/h21-22,34,36,40-42,44-47,49-50,52-54H,3-20,23-33,35,37-39H2,1-2H3,(H,48,51)/b22-21-,36-34+. The zero-order chi connectivity index (χ0) is 40.9. The highest BCUT2D eigenvalue weighted by molar-refractivity contribution is 5.76. The second-order valence-electron chi connectivity index (χ2n) is 16.5. The molecule has 0 spiro atoms. The predicted octanol–water partition coefficient (Wildman–Crippen LogP) is 9.89. The van der Waals surface area contributed by atoms with Gasteiger partial charge in [0.15, 0.2) is 6.29 Å². The molecule has 7 unspecified atom stereocenters. The maximum Gasteiger partial charge on any atom is 0.220 e. The van der Waals surface area contributed by atoms with Gasteiger partial charge < -0.3 is 40.3 Å². The monoisotopic (exact) mass is 796 g/mol. The molecule has 0 aromatic heterocycles. The molecule has 0 bridgehead atoms. The van der Waals surface area contributed by atoms with Crippen molar-refractivity contribution >= 4 is 5.91 Å². The molecule has 9 heteroatoms. The molecule has 0 aromatic rings. The lowest BCUT2D eigenvalue weighted by molar-refractivity contribution is -0.302. The van der Waals surface area contributed by atoms with Gasteiger partial charge in [-0.1, -0.05) is 186 Å². The lowest BCUT2D eigenvalue weighted by Gasteiger charge is -2.40. The Hall–Kier alpha value is -1.33. The molecule has 0 radical (unpaired) electrons. The zero-order valence-electron chi connectivity index (χ0n) is 36.1. The number of aliphatic hydroxyl groups is 5. The van der Waals surface area contributed by atoms with Crippen molar-refractivity contribution in [3.8, 4) is 0 Å². The summed E-state index contributed by atoms with van der Waals surface area (Å²) in [4.78, 5) is 12.9. The number of unbranched alkanes of at least 4 members (excludes halogenated alkanes) is 27. The van der Waals surface area contributed by atoms with E-state index < -0.39 is 49.5 Å². The summed E-state index contributed by atoms with van der Waals surface area (Å²) < 4.78 is 11.2. The van der Waals surface area contributed by atoms with E-state index in [-0.39, 0.29) is 12.5 Å². The Bertz CT molecular complexity index is 930. The van der Waals surface area contributed by atoms with Crippen molar-refractivity contribution in [1.82, 2.24) is 5.32 Å². The fourth-order valence-electron chi connectivity index (χ4n) is 7.44. The Kier molecular flexibility index (Phi) is 35.7. The molecule has 1 aliphatic rings. The number of hydrogen-bond acceptors (Lipinski definition) is 8. The number of allylic oxidation sites excluding steroid dienone is 3. The van der Waals surface area contributed by atoms with Crippen LogP contribution >= 0.6 is 0 Å². The van der Waals surface area contributed by atoms with Crippen molar-refractivity contribution in [3.63, 3.8) is 0 Å². The average molecular weight is 796 g/mol. The Morgan fingerprint density at radius 2 is 1.00 bits per heavy atom. The van der Waals surface area contributed by atoms with E-state index in [4.69, 9.17) is 9.47 Å². The Morgan fingerprint density at radius 1 is 0.589 bits per heavy atom.